The topological polar surface area (TPSA) is 62.1 Å². The Morgan fingerprint density at radius 3 is 2.48 bits per heavy atom. The van der Waals surface area contributed by atoms with E-state index < -0.39 is 0 Å². The average Bonchev–Trinajstić information content (AvgIpc) is 2.72. The summed E-state index contributed by atoms with van der Waals surface area (Å²) in [6, 6.07) is 19.0. The van der Waals surface area contributed by atoms with Gasteiger partial charge in [-0.2, -0.15) is 5.26 Å². The van der Waals surface area contributed by atoms with Crippen molar-refractivity contribution >= 4 is 12.0 Å². The Hall–Kier alpha value is -3.06. The van der Waals surface area contributed by atoms with Crippen molar-refractivity contribution in [2.24, 2.45) is 0 Å². The van der Waals surface area contributed by atoms with E-state index in [1.165, 1.54) is 19.3 Å². The van der Waals surface area contributed by atoms with E-state index in [4.69, 9.17) is 4.74 Å². The Balaban J connectivity index is 1.88. The molecule has 0 saturated heterocycles. The smallest absolute Gasteiger partial charge is 0.262 e. The van der Waals surface area contributed by atoms with Gasteiger partial charge in [-0.1, -0.05) is 68.7 Å². The minimum Gasteiger partial charge on any atom is -0.494 e. The molecule has 0 spiro atoms. The first-order chi connectivity index (χ1) is 13.2. The molecule has 140 valence electrons. The molecule has 4 nitrogen and oxygen atoms in total. The van der Waals surface area contributed by atoms with E-state index >= 15 is 0 Å². The lowest BCUT2D eigenvalue weighted by Gasteiger charge is -2.07. The highest BCUT2D eigenvalue weighted by Gasteiger charge is 2.08. The molecular formula is C23H26N2O2. The number of hydrogen-bond acceptors (Lipinski definition) is 3. The highest BCUT2D eigenvalue weighted by atomic mass is 16.5. The van der Waals surface area contributed by atoms with Crippen molar-refractivity contribution in [3.05, 3.63) is 71.3 Å². The number of amides is 1. The molecule has 1 N–H and O–H groups in total. The Labute approximate surface area is 161 Å². The number of carbonyl (C=O) groups excluding carboxylic acids is 1. The highest BCUT2D eigenvalue weighted by Crippen LogP contribution is 2.15. The second-order valence-corrected chi connectivity index (χ2v) is 6.32. The number of ether oxygens (including phenoxy) is 1. The molecule has 2 aromatic carbocycles. The lowest BCUT2D eigenvalue weighted by atomic mass is 10.1. The molecule has 0 aliphatic rings. The van der Waals surface area contributed by atoms with Crippen molar-refractivity contribution in [1.29, 1.82) is 5.26 Å². The first-order valence-corrected chi connectivity index (χ1v) is 9.39. The second kappa shape index (κ2) is 11.5. The van der Waals surface area contributed by atoms with Crippen LogP contribution in [-0.4, -0.2) is 12.5 Å². The fourth-order valence-electron chi connectivity index (χ4n) is 2.57. The first-order valence-electron chi connectivity index (χ1n) is 9.39. The summed E-state index contributed by atoms with van der Waals surface area (Å²) in [6.45, 7) is 3.29. The van der Waals surface area contributed by atoms with Crippen molar-refractivity contribution in [2.45, 2.75) is 39.2 Å². The predicted molar refractivity (Wildman–Crippen MR) is 108 cm³/mol. The molecule has 0 heterocycles. The summed E-state index contributed by atoms with van der Waals surface area (Å²) in [5, 5.41) is 12.1. The normalized spacial score (nSPS) is 10.9. The van der Waals surface area contributed by atoms with Crippen LogP contribution in [0, 0.1) is 11.3 Å². The molecule has 0 aliphatic carbocycles. The van der Waals surface area contributed by atoms with E-state index in [2.05, 4.69) is 12.2 Å². The van der Waals surface area contributed by atoms with Crippen molar-refractivity contribution in [1.82, 2.24) is 5.32 Å². The molecule has 1 amide bonds. The van der Waals surface area contributed by atoms with Crippen molar-refractivity contribution in [3.63, 3.8) is 0 Å². The maximum atomic E-state index is 12.2. The Morgan fingerprint density at radius 1 is 1.07 bits per heavy atom. The number of unbranched alkanes of at least 4 members (excludes halogenated alkanes) is 3. The fourth-order valence-corrected chi connectivity index (χ4v) is 2.57. The molecule has 2 rings (SSSR count). The standard InChI is InChI=1S/C23H26N2O2/c1-2-3-4-8-15-27-22-13-11-19(12-14-22)16-21(17-24)23(26)25-18-20-9-6-5-7-10-20/h5-7,9-14,16H,2-4,8,15,18H2,1H3,(H,25,26)/b21-16-. The molecule has 0 aromatic heterocycles. The van der Waals surface area contributed by atoms with Gasteiger partial charge < -0.3 is 10.1 Å². The van der Waals surface area contributed by atoms with Crippen LogP contribution in [0.3, 0.4) is 0 Å². The van der Waals surface area contributed by atoms with Gasteiger partial charge in [0.05, 0.1) is 6.61 Å². The maximum absolute atomic E-state index is 12.2. The number of benzene rings is 2. The number of carbonyl (C=O) groups is 1. The number of nitrogens with zero attached hydrogens (tertiary/aromatic N) is 1. The van der Waals surface area contributed by atoms with Crippen LogP contribution in [0.5, 0.6) is 5.75 Å². The van der Waals surface area contributed by atoms with Crippen LogP contribution >= 0.6 is 0 Å². The van der Waals surface area contributed by atoms with Crippen LogP contribution in [-0.2, 0) is 11.3 Å². The van der Waals surface area contributed by atoms with Gasteiger partial charge in [0.1, 0.15) is 17.4 Å². The van der Waals surface area contributed by atoms with Gasteiger partial charge in [-0.05, 0) is 35.8 Å². The molecule has 27 heavy (non-hydrogen) atoms. The lowest BCUT2D eigenvalue weighted by molar-refractivity contribution is -0.117. The van der Waals surface area contributed by atoms with Gasteiger partial charge in [-0.25, -0.2) is 0 Å². The first kappa shape index (κ1) is 20.3. The zero-order valence-corrected chi connectivity index (χ0v) is 15.8. The third-order valence-electron chi connectivity index (χ3n) is 4.12. The fraction of sp³-hybridized carbons (Fsp3) is 0.304. The summed E-state index contributed by atoms with van der Waals surface area (Å²) < 4.78 is 5.71. The summed E-state index contributed by atoms with van der Waals surface area (Å²) >= 11 is 0. The number of rotatable bonds is 10. The summed E-state index contributed by atoms with van der Waals surface area (Å²) in [5.74, 6) is 0.424. The van der Waals surface area contributed by atoms with E-state index in [0.717, 1.165) is 23.3 Å². The zero-order chi connectivity index (χ0) is 19.3. The summed E-state index contributed by atoms with van der Waals surface area (Å²) in [7, 11) is 0. The summed E-state index contributed by atoms with van der Waals surface area (Å²) in [6.07, 6.45) is 6.26. The molecule has 0 bridgehead atoms. The zero-order valence-electron chi connectivity index (χ0n) is 15.8. The van der Waals surface area contributed by atoms with Gasteiger partial charge in [0.2, 0.25) is 0 Å². The number of nitrogens with one attached hydrogen (secondary N) is 1. The molecule has 4 heteroatoms. The molecular weight excluding hydrogens is 336 g/mol. The minimum atomic E-state index is -0.377. The Bertz CT molecular complexity index is 774. The van der Waals surface area contributed by atoms with Gasteiger partial charge in [0.15, 0.2) is 0 Å². The van der Waals surface area contributed by atoms with E-state index in [0.29, 0.717) is 13.2 Å². The van der Waals surface area contributed by atoms with Crippen molar-refractivity contribution < 1.29 is 9.53 Å². The van der Waals surface area contributed by atoms with Crippen molar-refractivity contribution in [2.75, 3.05) is 6.61 Å². The van der Waals surface area contributed by atoms with Crippen LogP contribution in [0.15, 0.2) is 60.2 Å². The van der Waals surface area contributed by atoms with Gasteiger partial charge in [0.25, 0.3) is 5.91 Å². The van der Waals surface area contributed by atoms with Gasteiger partial charge in [0, 0.05) is 6.54 Å². The number of hydrogen-bond donors (Lipinski definition) is 1. The summed E-state index contributed by atoms with van der Waals surface area (Å²) in [4.78, 5) is 12.2. The van der Waals surface area contributed by atoms with E-state index in [1.807, 2.05) is 60.7 Å². The van der Waals surface area contributed by atoms with Crippen molar-refractivity contribution in [3.8, 4) is 11.8 Å². The minimum absolute atomic E-state index is 0.0826. The third-order valence-corrected chi connectivity index (χ3v) is 4.12. The molecule has 0 unspecified atom stereocenters. The molecule has 0 saturated carbocycles. The van der Waals surface area contributed by atoms with Crippen LogP contribution in [0.1, 0.15) is 43.7 Å². The van der Waals surface area contributed by atoms with Gasteiger partial charge in [-0.15, -0.1) is 0 Å². The molecule has 0 atom stereocenters. The van der Waals surface area contributed by atoms with E-state index in [9.17, 15) is 10.1 Å². The number of nitriles is 1. The molecule has 0 aliphatic heterocycles. The maximum Gasteiger partial charge on any atom is 0.262 e. The Kier molecular flexibility index (Phi) is 8.65. The Morgan fingerprint density at radius 2 is 1.81 bits per heavy atom. The lowest BCUT2D eigenvalue weighted by Crippen LogP contribution is -2.23. The van der Waals surface area contributed by atoms with Gasteiger partial charge >= 0.3 is 0 Å². The van der Waals surface area contributed by atoms with Gasteiger partial charge in [-0.3, -0.25) is 4.79 Å². The largest absolute Gasteiger partial charge is 0.494 e. The SMILES string of the molecule is CCCCCCOc1ccc(/C=C(/C#N)C(=O)NCc2ccccc2)cc1. The van der Waals surface area contributed by atoms with E-state index in [1.54, 1.807) is 6.08 Å². The quantitative estimate of drug-likeness (QED) is 0.373. The van der Waals surface area contributed by atoms with Crippen LogP contribution < -0.4 is 10.1 Å². The van der Waals surface area contributed by atoms with Crippen LogP contribution in [0.4, 0.5) is 0 Å². The highest BCUT2D eigenvalue weighted by molar-refractivity contribution is 6.01. The third kappa shape index (κ3) is 7.37. The van der Waals surface area contributed by atoms with Crippen LogP contribution in [0.2, 0.25) is 0 Å². The monoisotopic (exact) mass is 362 g/mol. The summed E-state index contributed by atoms with van der Waals surface area (Å²) in [5.41, 5.74) is 1.86. The molecule has 0 fully saturated rings. The molecule has 2 aromatic rings. The van der Waals surface area contributed by atoms with Crippen LogP contribution in [0.25, 0.3) is 6.08 Å². The predicted octanol–water partition coefficient (Wildman–Crippen LogP) is 4.87. The average molecular weight is 362 g/mol. The van der Waals surface area contributed by atoms with E-state index in [-0.39, 0.29) is 11.5 Å². The second-order valence-electron chi connectivity index (χ2n) is 6.32. The molecule has 0 radical (unpaired) electrons.